The predicted octanol–water partition coefficient (Wildman–Crippen LogP) is 2.43. The largest absolute Gasteiger partial charge is 0.490 e. The van der Waals surface area contributed by atoms with E-state index in [1.54, 1.807) is 0 Å². The van der Waals surface area contributed by atoms with Gasteiger partial charge < -0.3 is 14.2 Å². The summed E-state index contributed by atoms with van der Waals surface area (Å²) in [4.78, 5) is -0.225. The highest BCUT2D eigenvalue weighted by Crippen LogP contribution is 2.28. The van der Waals surface area contributed by atoms with Crippen molar-refractivity contribution in [2.24, 2.45) is 0 Å². The zero-order valence-corrected chi connectivity index (χ0v) is 20.0. The number of halogens is 2. The molecule has 0 spiro atoms. The van der Waals surface area contributed by atoms with Gasteiger partial charge in [-0.25, -0.2) is 26.3 Å². The first kappa shape index (κ1) is 25.0. The zero-order chi connectivity index (χ0) is 23.2. The summed E-state index contributed by atoms with van der Waals surface area (Å²) in [5.74, 6) is 0.267. The van der Waals surface area contributed by atoms with Gasteiger partial charge in [0.15, 0.2) is 0 Å². The molecule has 1 heterocycles. The summed E-state index contributed by atoms with van der Waals surface area (Å²) in [6.07, 6.45) is 0.194. The van der Waals surface area contributed by atoms with E-state index in [1.165, 1.54) is 36.4 Å². The van der Waals surface area contributed by atoms with Gasteiger partial charge in [-0.15, -0.1) is 0 Å². The van der Waals surface area contributed by atoms with Crippen LogP contribution in [0.2, 0.25) is 10.0 Å². The van der Waals surface area contributed by atoms with Crippen molar-refractivity contribution in [1.29, 1.82) is 0 Å². The van der Waals surface area contributed by atoms with Crippen LogP contribution in [0.25, 0.3) is 0 Å². The molecule has 1 aliphatic heterocycles. The molecule has 0 saturated heterocycles. The number of nitrogens with one attached hydrogen (secondary N) is 2. The highest BCUT2D eigenvalue weighted by atomic mass is 35.5. The van der Waals surface area contributed by atoms with Gasteiger partial charge in [-0.2, -0.15) is 0 Å². The van der Waals surface area contributed by atoms with Crippen molar-refractivity contribution in [3.05, 3.63) is 46.4 Å². The van der Waals surface area contributed by atoms with Crippen LogP contribution in [0.3, 0.4) is 0 Å². The topological polar surface area (TPSA) is 120 Å². The van der Waals surface area contributed by atoms with E-state index >= 15 is 0 Å². The fraction of sp³-hybridized carbons (Fsp3) is 0.368. The van der Waals surface area contributed by atoms with Crippen molar-refractivity contribution in [2.75, 3.05) is 39.5 Å². The second-order valence-electron chi connectivity index (χ2n) is 6.64. The number of ether oxygens (including phenoxy) is 3. The third-order valence-corrected chi connectivity index (χ3v) is 7.73. The van der Waals surface area contributed by atoms with Gasteiger partial charge in [-0.3, -0.25) is 0 Å². The average molecular weight is 525 g/mol. The lowest BCUT2D eigenvalue weighted by molar-refractivity contribution is 0.0750. The first-order valence-electron chi connectivity index (χ1n) is 9.61. The Morgan fingerprint density at radius 2 is 1.12 bits per heavy atom. The van der Waals surface area contributed by atoms with E-state index in [0.717, 1.165) is 0 Å². The van der Waals surface area contributed by atoms with Crippen LogP contribution in [0.5, 0.6) is 11.5 Å². The fourth-order valence-corrected chi connectivity index (χ4v) is 5.76. The lowest BCUT2D eigenvalue weighted by Gasteiger charge is -2.15. The van der Waals surface area contributed by atoms with Gasteiger partial charge in [0.25, 0.3) is 0 Å². The first-order valence-corrected chi connectivity index (χ1v) is 13.3. The Hall–Kier alpha value is -1.60. The minimum absolute atomic E-state index is 0.0151. The molecule has 2 N–H and O–H groups in total. The van der Waals surface area contributed by atoms with Gasteiger partial charge in [-0.05, 0) is 42.8 Å². The third-order valence-electron chi connectivity index (χ3n) is 4.30. The number of rotatable bonds is 0. The van der Waals surface area contributed by atoms with E-state index in [2.05, 4.69) is 9.44 Å². The van der Waals surface area contributed by atoms with Crippen LogP contribution in [-0.4, -0.2) is 56.4 Å². The van der Waals surface area contributed by atoms with E-state index in [0.29, 0.717) is 0 Å². The lowest BCUT2D eigenvalue weighted by Crippen LogP contribution is -2.30. The number of fused-ring (bicyclic) bond motifs is 2. The Kier molecular flexibility index (Phi) is 8.62. The minimum Gasteiger partial charge on any atom is -0.490 e. The van der Waals surface area contributed by atoms with Crippen LogP contribution in [0.1, 0.15) is 6.42 Å². The van der Waals surface area contributed by atoms with Gasteiger partial charge in [0.1, 0.15) is 34.5 Å². The van der Waals surface area contributed by atoms with Crippen LogP contribution < -0.4 is 18.9 Å². The molecule has 0 aromatic heterocycles. The van der Waals surface area contributed by atoms with Gasteiger partial charge in [0.2, 0.25) is 20.0 Å². The van der Waals surface area contributed by atoms with Crippen molar-refractivity contribution in [2.45, 2.75) is 16.2 Å². The number of benzene rings is 2. The predicted molar refractivity (Wildman–Crippen MR) is 120 cm³/mol. The Morgan fingerprint density at radius 3 is 1.56 bits per heavy atom. The molecular formula is C19H22Cl2N2O7S2. The fourth-order valence-electron chi connectivity index (χ4n) is 2.80. The Morgan fingerprint density at radius 1 is 0.688 bits per heavy atom. The second kappa shape index (κ2) is 11.0. The number of hydrogen-bond acceptors (Lipinski definition) is 7. The van der Waals surface area contributed by atoms with Crippen LogP contribution in [-0.2, 0) is 24.8 Å². The molecule has 9 nitrogen and oxygen atoms in total. The number of sulfonamides is 2. The molecule has 1 aliphatic rings. The highest BCUT2D eigenvalue weighted by molar-refractivity contribution is 7.90. The molecule has 0 amide bonds. The van der Waals surface area contributed by atoms with Crippen molar-refractivity contribution in [3.63, 3.8) is 0 Å². The monoisotopic (exact) mass is 524 g/mol. The average Bonchev–Trinajstić information content (AvgIpc) is 2.73. The summed E-state index contributed by atoms with van der Waals surface area (Å²) in [6, 6.07) is 8.55. The molecule has 2 aromatic carbocycles. The molecule has 176 valence electrons. The van der Waals surface area contributed by atoms with Crippen molar-refractivity contribution in [1.82, 2.24) is 9.44 Å². The molecule has 32 heavy (non-hydrogen) atoms. The maximum atomic E-state index is 12.7. The Bertz CT molecular complexity index is 1070. The summed E-state index contributed by atoms with van der Waals surface area (Å²) >= 11 is 11.9. The van der Waals surface area contributed by atoms with Crippen LogP contribution >= 0.6 is 23.2 Å². The summed E-state index contributed by atoms with van der Waals surface area (Å²) in [5, 5.41) is 0.469. The standard InChI is InChI=1S/C19H22Cl2N2O7S2/c20-14-2-4-16-18(12-14)31(24,25)22-6-1-7-23-32(26,27)19-13-15(21)3-5-17(19)30-11-9-28-8-10-29-16/h2-5,12-13,22-23H,1,6-11H2. The van der Waals surface area contributed by atoms with Crippen LogP contribution in [0.15, 0.2) is 46.2 Å². The summed E-state index contributed by atoms with van der Waals surface area (Å²) in [7, 11) is -7.88. The molecule has 0 atom stereocenters. The SMILES string of the molecule is O=S1(=O)NCCCNS(=O)(=O)c2cc(Cl)ccc2OCCOCCOc2ccc(Cl)cc21. The molecular weight excluding hydrogens is 503 g/mol. The van der Waals surface area contributed by atoms with Crippen molar-refractivity contribution >= 4 is 43.2 Å². The summed E-state index contributed by atoms with van der Waals surface area (Å²) in [6.45, 7) is 0.472. The van der Waals surface area contributed by atoms with E-state index in [-0.39, 0.29) is 77.3 Å². The summed E-state index contributed by atoms with van der Waals surface area (Å²) < 4.78 is 72.3. The quantitative estimate of drug-likeness (QED) is 0.542. The molecule has 2 aromatic rings. The molecule has 0 unspecified atom stereocenters. The molecule has 0 bridgehead atoms. The molecule has 0 fully saturated rings. The third kappa shape index (κ3) is 6.70. The highest BCUT2D eigenvalue weighted by Gasteiger charge is 2.22. The molecule has 0 radical (unpaired) electrons. The van der Waals surface area contributed by atoms with Gasteiger partial charge in [-0.1, -0.05) is 23.2 Å². The molecule has 3 rings (SSSR count). The first-order chi connectivity index (χ1) is 15.2. The van der Waals surface area contributed by atoms with Crippen molar-refractivity contribution in [3.8, 4) is 11.5 Å². The normalized spacial score (nSPS) is 19.8. The van der Waals surface area contributed by atoms with Crippen molar-refractivity contribution < 1.29 is 31.0 Å². The second-order valence-corrected chi connectivity index (χ2v) is 11.0. The zero-order valence-electron chi connectivity index (χ0n) is 16.8. The van der Waals surface area contributed by atoms with E-state index in [4.69, 9.17) is 37.4 Å². The van der Waals surface area contributed by atoms with Crippen LogP contribution in [0.4, 0.5) is 0 Å². The Balaban J connectivity index is 1.80. The molecule has 0 aliphatic carbocycles. The van der Waals surface area contributed by atoms with Crippen LogP contribution in [0, 0.1) is 0 Å². The molecule has 0 saturated carbocycles. The summed E-state index contributed by atoms with van der Waals surface area (Å²) in [5.41, 5.74) is 0. The van der Waals surface area contributed by atoms with Gasteiger partial charge in [0.05, 0.1) is 13.2 Å². The maximum absolute atomic E-state index is 12.7. The molecule has 13 heteroatoms. The smallest absolute Gasteiger partial charge is 0.244 e. The number of hydrogen-bond donors (Lipinski definition) is 2. The lowest BCUT2D eigenvalue weighted by atomic mass is 10.3. The van der Waals surface area contributed by atoms with E-state index in [1.807, 2.05) is 0 Å². The maximum Gasteiger partial charge on any atom is 0.244 e. The Labute approximate surface area is 197 Å². The van der Waals surface area contributed by atoms with E-state index in [9.17, 15) is 16.8 Å². The van der Waals surface area contributed by atoms with E-state index < -0.39 is 20.0 Å². The van der Waals surface area contributed by atoms with Gasteiger partial charge >= 0.3 is 0 Å². The van der Waals surface area contributed by atoms with Gasteiger partial charge in [0, 0.05) is 23.1 Å². The minimum atomic E-state index is -3.94.